The van der Waals surface area contributed by atoms with Crippen LogP contribution < -0.4 is 5.32 Å². The van der Waals surface area contributed by atoms with Gasteiger partial charge in [0.25, 0.3) is 10.1 Å². The highest BCUT2D eigenvalue weighted by atomic mass is 32.2. The number of aromatic hydroxyl groups is 1. The van der Waals surface area contributed by atoms with Gasteiger partial charge in [0.05, 0.1) is 5.69 Å². The van der Waals surface area contributed by atoms with E-state index in [-0.39, 0.29) is 11.3 Å². The van der Waals surface area contributed by atoms with E-state index in [0.29, 0.717) is 0 Å². The number of rotatable bonds is 4. The zero-order chi connectivity index (χ0) is 13.1. The predicted octanol–water partition coefficient (Wildman–Crippen LogP) is 0.904. The molecule has 0 fully saturated rings. The second kappa shape index (κ2) is 4.98. The van der Waals surface area contributed by atoms with Gasteiger partial charge in [-0.2, -0.15) is 8.42 Å². The van der Waals surface area contributed by atoms with Crippen molar-refractivity contribution in [1.29, 1.82) is 0 Å². The van der Waals surface area contributed by atoms with Gasteiger partial charge in [-0.05, 0) is 12.1 Å². The fourth-order valence-corrected chi connectivity index (χ4v) is 1.81. The SMILES string of the molecule is C=CC(=O)Nc1cccc(CS(=O)(=O)O)c1O. The molecule has 0 unspecified atom stereocenters. The Morgan fingerprint density at radius 3 is 2.65 bits per heavy atom. The molecule has 0 atom stereocenters. The third-order valence-corrected chi connectivity index (χ3v) is 2.58. The molecule has 0 aliphatic rings. The van der Waals surface area contributed by atoms with E-state index in [9.17, 15) is 18.3 Å². The second-order valence-electron chi connectivity index (χ2n) is 3.23. The highest BCUT2D eigenvalue weighted by Crippen LogP contribution is 2.28. The Morgan fingerprint density at radius 2 is 2.12 bits per heavy atom. The number of phenolic OH excluding ortho intramolecular Hbond substituents is 1. The van der Waals surface area contributed by atoms with E-state index < -0.39 is 27.5 Å². The fraction of sp³-hybridized carbons (Fsp3) is 0.100. The van der Waals surface area contributed by atoms with Crippen molar-refractivity contribution in [1.82, 2.24) is 0 Å². The number of hydrogen-bond acceptors (Lipinski definition) is 4. The lowest BCUT2D eigenvalue weighted by Gasteiger charge is -2.08. The van der Waals surface area contributed by atoms with Crippen molar-refractivity contribution in [2.75, 3.05) is 5.32 Å². The summed E-state index contributed by atoms with van der Waals surface area (Å²) in [5.74, 6) is -1.67. The van der Waals surface area contributed by atoms with E-state index in [1.54, 1.807) is 0 Å². The molecule has 0 bridgehead atoms. The molecule has 0 heterocycles. The van der Waals surface area contributed by atoms with Crippen molar-refractivity contribution < 1.29 is 22.9 Å². The van der Waals surface area contributed by atoms with Crippen molar-refractivity contribution in [2.24, 2.45) is 0 Å². The molecule has 1 amide bonds. The molecule has 1 aromatic carbocycles. The van der Waals surface area contributed by atoms with Crippen LogP contribution in [0.15, 0.2) is 30.9 Å². The van der Waals surface area contributed by atoms with E-state index in [1.807, 2.05) is 0 Å². The number of nitrogens with one attached hydrogen (secondary N) is 1. The first-order valence-electron chi connectivity index (χ1n) is 4.53. The number of carbonyl (C=O) groups is 1. The second-order valence-corrected chi connectivity index (χ2v) is 4.69. The van der Waals surface area contributed by atoms with E-state index >= 15 is 0 Å². The third kappa shape index (κ3) is 3.89. The van der Waals surface area contributed by atoms with Crippen LogP contribution in [0.4, 0.5) is 5.69 Å². The minimum Gasteiger partial charge on any atom is -0.505 e. The summed E-state index contributed by atoms with van der Waals surface area (Å²) >= 11 is 0. The lowest BCUT2D eigenvalue weighted by molar-refractivity contribution is -0.111. The molecule has 1 rings (SSSR count). The first kappa shape index (κ1) is 13.2. The standard InChI is InChI=1S/C10H11NO5S/c1-2-9(12)11-8-5-3-4-7(10(8)13)6-17(14,15)16/h2-5,13H,1,6H2,(H,11,12)(H,14,15,16). The van der Waals surface area contributed by atoms with Crippen LogP contribution in [0.25, 0.3) is 0 Å². The lowest BCUT2D eigenvalue weighted by Crippen LogP contribution is -2.09. The Hall–Kier alpha value is -1.86. The molecule has 0 aromatic heterocycles. The summed E-state index contributed by atoms with van der Waals surface area (Å²) in [7, 11) is -4.24. The largest absolute Gasteiger partial charge is 0.505 e. The van der Waals surface area contributed by atoms with Gasteiger partial charge in [0.1, 0.15) is 11.5 Å². The molecule has 3 N–H and O–H groups in total. The van der Waals surface area contributed by atoms with Gasteiger partial charge in [0.2, 0.25) is 5.91 Å². The average Bonchev–Trinajstić information content (AvgIpc) is 2.22. The van der Waals surface area contributed by atoms with E-state index in [4.69, 9.17) is 4.55 Å². The number of benzene rings is 1. The Morgan fingerprint density at radius 1 is 1.47 bits per heavy atom. The summed E-state index contributed by atoms with van der Waals surface area (Å²) in [4.78, 5) is 11.0. The normalized spacial score (nSPS) is 10.9. The maximum absolute atomic E-state index is 11.0. The number of amides is 1. The molecule has 92 valence electrons. The molecule has 7 heteroatoms. The van der Waals surface area contributed by atoms with Crippen molar-refractivity contribution in [3.05, 3.63) is 36.4 Å². The highest BCUT2D eigenvalue weighted by Gasteiger charge is 2.14. The number of hydrogen-bond donors (Lipinski definition) is 3. The van der Waals surface area contributed by atoms with E-state index in [0.717, 1.165) is 6.08 Å². The lowest BCUT2D eigenvalue weighted by atomic mass is 10.2. The first-order chi connectivity index (χ1) is 7.83. The summed E-state index contributed by atoms with van der Waals surface area (Å²) < 4.78 is 30.0. The predicted molar refractivity (Wildman–Crippen MR) is 62.2 cm³/mol. The molecule has 0 radical (unpaired) electrons. The van der Waals surface area contributed by atoms with Crippen LogP contribution in [-0.4, -0.2) is 24.0 Å². The summed E-state index contributed by atoms with van der Waals surface area (Å²) in [5.41, 5.74) is 0.0467. The number of para-hydroxylation sites is 1. The van der Waals surface area contributed by atoms with Gasteiger partial charge in [-0.25, -0.2) is 0 Å². The molecule has 1 aromatic rings. The van der Waals surface area contributed by atoms with Gasteiger partial charge in [-0.1, -0.05) is 18.7 Å². The van der Waals surface area contributed by atoms with Crippen LogP contribution in [0.3, 0.4) is 0 Å². The monoisotopic (exact) mass is 257 g/mol. The molecule has 0 saturated carbocycles. The molecule has 0 aliphatic heterocycles. The van der Waals surface area contributed by atoms with Crippen molar-refractivity contribution >= 4 is 21.7 Å². The van der Waals surface area contributed by atoms with Gasteiger partial charge in [0.15, 0.2) is 0 Å². The number of carbonyl (C=O) groups excluding carboxylic acids is 1. The Balaban J connectivity index is 3.07. The smallest absolute Gasteiger partial charge is 0.269 e. The number of phenols is 1. The Kier molecular flexibility index (Phi) is 3.87. The first-order valence-corrected chi connectivity index (χ1v) is 6.14. The van der Waals surface area contributed by atoms with E-state index in [1.165, 1.54) is 18.2 Å². The molecule has 17 heavy (non-hydrogen) atoms. The van der Waals surface area contributed by atoms with Crippen molar-refractivity contribution in [3.8, 4) is 5.75 Å². The van der Waals surface area contributed by atoms with Crippen LogP contribution in [0, 0.1) is 0 Å². The molecular weight excluding hydrogens is 246 g/mol. The summed E-state index contributed by atoms with van der Waals surface area (Å²) in [6.07, 6.45) is 1.01. The minimum absolute atomic E-state index is 0.00522. The third-order valence-electron chi connectivity index (χ3n) is 1.90. The maximum atomic E-state index is 11.0. The molecule has 0 aliphatic carbocycles. The Bertz CT molecular complexity index is 550. The van der Waals surface area contributed by atoms with E-state index in [2.05, 4.69) is 11.9 Å². The van der Waals surface area contributed by atoms with Gasteiger partial charge in [-0.3, -0.25) is 9.35 Å². The Labute approximate surface area is 98.3 Å². The van der Waals surface area contributed by atoms with Crippen molar-refractivity contribution in [3.63, 3.8) is 0 Å². The van der Waals surface area contributed by atoms with Crippen LogP contribution >= 0.6 is 0 Å². The van der Waals surface area contributed by atoms with Crippen LogP contribution in [0.1, 0.15) is 5.56 Å². The van der Waals surface area contributed by atoms with Crippen LogP contribution in [-0.2, 0) is 20.7 Å². The summed E-state index contributed by atoms with van der Waals surface area (Å²) in [6.45, 7) is 3.24. The van der Waals surface area contributed by atoms with Gasteiger partial charge in [-0.15, -0.1) is 0 Å². The van der Waals surface area contributed by atoms with Crippen molar-refractivity contribution in [2.45, 2.75) is 5.75 Å². The van der Waals surface area contributed by atoms with Gasteiger partial charge in [0, 0.05) is 5.56 Å². The highest BCUT2D eigenvalue weighted by molar-refractivity contribution is 7.85. The minimum atomic E-state index is -4.24. The molecule has 0 saturated heterocycles. The average molecular weight is 257 g/mol. The van der Waals surface area contributed by atoms with Gasteiger partial charge < -0.3 is 10.4 Å². The van der Waals surface area contributed by atoms with Crippen LogP contribution in [0.5, 0.6) is 5.75 Å². The molecule has 6 nitrogen and oxygen atoms in total. The topological polar surface area (TPSA) is 104 Å². The fourth-order valence-electron chi connectivity index (χ4n) is 1.19. The molecular formula is C10H11NO5S. The zero-order valence-corrected chi connectivity index (χ0v) is 9.57. The molecule has 0 spiro atoms. The quantitative estimate of drug-likeness (QED) is 0.422. The summed E-state index contributed by atoms with van der Waals surface area (Å²) in [6, 6.07) is 4.16. The van der Waals surface area contributed by atoms with Gasteiger partial charge >= 0.3 is 0 Å². The number of anilines is 1. The van der Waals surface area contributed by atoms with Crippen LogP contribution in [0.2, 0.25) is 0 Å². The summed E-state index contributed by atoms with van der Waals surface area (Å²) in [5, 5.41) is 12.0. The maximum Gasteiger partial charge on any atom is 0.269 e. The zero-order valence-electron chi connectivity index (χ0n) is 8.75.